The van der Waals surface area contributed by atoms with E-state index in [0.717, 1.165) is 19.6 Å². The fourth-order valence-electron chi connectivity index (χ4n) is 1.91. The molecule has 0 unspecified atom stereocenters. The first-order chi connectivity index (χ1) is 6.37. The lowest BCUT2D eigenvalue weighted by atomic mass is 9.56. The van der Waals surface area contributed by atoms with Crippen LogP contribution < -0.4 is 0 Å². The van der Waals surface area contributed by atoms with E-state index >= 15 is 0 Å². The highest BCUT2D eigenvalue weighted by atomic mass is 16.6. The van der Waals surface area contributed by atoms with Crippen LogP contribution in [0.3, 0.4) is 0 Å². The van der Waals surface area contributed by atoms with E-state index in [-0.39, 0.29) is 17.8 Å². The van der Waals surface area contributed by atoms with Crippen molar-refractivity contribution in [3.05, 3.63) is 0 Å². The third-order valence-electron chi connectivity index (χ3n) is 2.78. The summed E-state index contributed by atoms with van der Waals surface area (Å²) in [6, 6.07) is 0. The minimum absolute atomic E-state index is 0.0181. The van der Waals surface area contributed by atoms with E-state index in [1.165, 1.54) is 6.42 Å². The van der Waals surface area contributed by atoms with Crippen molar-refractivity contribution in [3.63, 3.8) is 0 Å². The van der Waals surface area contributed by atoms with Gasteiger partial charge in [0.25, 0.3) is 0 Å². The second-order valence-electron chi connectivity index (χ2n) is 5.86. The summed E-state index contributed by atoms with van der Waals surface area (Å²) in [5.74, 6) is 0. The van der Waals surface area contributed by atoms with Gasteiger partial charge in [-0.05, 0) is 11.7 Å². The van der Waals surface area contributed by atoms with Crippen LogP contribution >= 0.6 is 0 Å². The van der Waals surface area contributed by atoms with E-state index in [1.54, 1.807) is 0 Å². The zero-order chi connectivity index (χ0) is 10.8. The third-order valence-corrected chi connectivity index (χ3v) is 2.78. The smallest absolute Gasteiger partial charge is 0.410 e. The van der Waals surface area contributed by atoms with Crippen molar-refractivity contribution < 1.29 is 9.31 Å². The van der Waals surface area contributed by atoms with Crippen LogP contribution in [0.4, 0.5) is 0 Å². The van der Waals surface area contributed by atoms with Crippen LogP contribution in [0, 0.1) is 5.41 Å². The summed E-state index contributed by atoms with van der Waals surface area (Å²) in [5.41, 5.74) is 0.179. The molecule has 0 spiro atoms. The van der Waals surface area contributed by atoms with E-state index < -0.39 is 0 Å². The van der Waals surface area contributed by atoms with Gasteiger partial charge in [-0.25, -0.2) is 0 Å². The predicted octanol–water partition coefficient (Wildman–Crippen LogP) is 3.13. The Hall–Kier alpha value is -0.0151. The van der Waals surface area contributed by atoms with Crippen LogP contribution in [0.5, 0.6) is 0 Å². The van der Waals surface area contributed by atoms with Crippen molar-refractivity contribution in [1.29, 1.82) is 0 Å². The van der Waals surface area contributed by atoms with Gasteiger partial charge in [-0.3, -0.25) is 0 Å². The summed E-state index contributed by atoms with van der Waals surface area (Å²) in [4.78, 5) is 0. The molecule has 1 saturated heterocycles. The van der Waals surface area contributed by atoms with Crippen LogP contribution in [0.2, 0.25) is 5.31 Å². The molecule has 0 atom stereocenters. The highest BCUT2D eigenvalue weighted by Gasteiger charge is 2.42. The van der Waals surface area contributed by atoms with Gasteiger partial charge < -0.3 is 9.31 Å². The molecule has 0 aliphatic carbocycles. The fraction of sp³-hybridized carbons (Fsp3) is 1.00. The Morgan fingerprint density at radius 2 is 1.71 bits per heavy atom. The third kappa shape index (κ3) is 2.99. The standard InChI is InChI=1S/C11H23BO2/c1-6-7-11(4,5)12-13-8-10(2,3)9-14-12/h6-9H2,1-5H3. The van der Waals surface area contributed by atoms with E-state index in [0.29, 0.717) is 0 Å². The molecule has 1 aliphatic rings. The van der Waals surface area contributed by atoms with Crippen LogP contribution in [0.25, 0.3) is 0 Å². The van der Waals surface area contributed by atoms with Gasteiger partial charge in [0.15, 0.2) is 0 Å². The first-order valence-electron chi connectivity index (χ1n) is 5.61. The first-order valence-corrected chi connectivity index (χ1v) is 5.61. The maximum Gasteiger partial charge on any atom is 0.463 e. The average Bonchev–Trinajstić information content (AvgIpc) is 2.03. The zero-order valence-corrected chi connectivity index (χ0v) is 10.2. The molecule has 0 saturated carbocycles. The first kappa shape index (κ1) is 12.1. The van der Waals surface area contributed by atoms with Gasteiger partial charge in [-0.1, -0.05) is 41.0 Å². The molecule has 14 heavy (non-hydrogen) atoms. The second-order valence-corrected chi connectivity index (χ2v) is 5.86. The van der Waals surface area contributed by atoms with E-state index in [2.05, 4.69) is 34.6 Å². The maximum atomic E-state index is 5.79. The summed E-state index contributed by atoms with van der Waals surface area (Å²) in [7, 11) is -0.0181. The quantitative estimate of drug-likeness (QED) is 0.648. The van der Waals surface area contributed by atoms with Gasteiger partial charge in [0.05, 0.1) is 0 Å². The Balaban J connectivity index is 2.48. The van der Waals surface area contributed by atoms with Gasteiger partial charge in [0.2, 0.25) is 0 Å². The summed E-state index contributed by atoms with van der Waals surface area (Å²) in [6.07, 6.45) is 2.33. The van der Waals surface area contributed by atoms with Crippen molar-refractivity contribution in [2.45, 2.75) is 52.8 Å². The molecule has 0 radical (unpaired) electrons. The van der Waals surface area contributed by atoms with Gasteiger partial charge in [0.1, 0.15) is 0 Å². The Bertz CT molecular complexity index is 180. The maximum absolute atomic E-state index is 5.79. The van der Waals surface area contributed by atoms with Crippen molar-refractivity contribution in [1.82, 2.24) is 0 Å². The second kappa shape index (κ2) is 4.24. The van der Waals surface area contributed by atoms with Crippen LogP contribution in [-0.4, -0.2) is 20.3 Å². The number of hydrogen-bond acceptors (Lipinski definition) is 2. The highest BCUT2D eigenvalue weighted by molar-refractivity contribution is 6.48. The molecular weight excluding hydrogens is 175 g/mol. The minimum Gasteiger partial charge on any atom is -0.410 e. The molecule has 82 valence electrons. The number of rotatable bonds is 3. The van der Waals surface area contributed by atoms with Gasteiger partial charge in [-0.15, -0.1) is 0 Å². The monoisotopic (exact) mass is 198 g/mol. The molecule has 1 rings (SSSR count). The molecule has 1 fully saturated rings. The molecule has 0 N–H and O–H groups in total. The van der Waals surface area contributed by atoms with Crippen LogP contribution in [0.1, 0.15) is 47.5 Å². The molecule has 0 aromatic rings. The van der Waals surface area contributed by atoms with Crippen molar-refractivity contribution >= 4 is 7.12 Å². The van der Waals surface area contributed by atoms with Gasteiger partial charge in [-0.2, -0.15) is 0 Å². The molecule has 0 aromatic heterocycles. The molecule has 3 heteroatoms. The number of hydrogen-bond donors (Lipinski definition) is 0. The molecule has 1 heterocycles. The Kier molecular flexibility index (Phi) is 3.65. The molecule has 2 nitrogen and oxygen atoms in total. The molecule has 1 aliphatic heterocycles. The van der Waals surface area contributed by atoms with Crippen LogP contribution in [-0.2, 0) is 9.31 Å². The summed E-state index contributed by atoms with van der Waals surface area (Å²) in [6.45, 7) is 12.6. The average molecular weight is 198 g/mol. The van der Waals surface area contributed by atoms with Crippen molar-refractivity contribution in [2.24, 2.45) is 5.41 Å². The molecule has 0 amide bonds. The summed E-state index contributed by atoms with van der Waals surface area (Å²) < 4.78 is 11.6. The largest absolute Gasteiger partial charge is 0.463 e. The van der Waals surface area contributed by atoms with Gasteiger partial charge in [0, 0.05) is 18.6 Å². The molecule has 0 aromatic carbocycles. The summed E-state index contributed by atoms with van der Waals surface area (Å²) in [5, 5.41) is 0.144. The lowest BCUT2D eigenvalue weighted by Gasteiger charge is -2.39. The zero-order valence-electron chi connectivity index (χ0n) is 10.2. The molecular formula is C11H23BO2. The topological polar surface area (TPSA) is 18.5 Å². The summed E-state index contributed by atoms with van der Waals surface area (Å²) >= 11 is 0. The van der Waals surface area contributed by atoms with Crippen LogP contribution in [0.15, 0.2) is 0 Å². The lowest BCUT2D eigenvalue weighted by Crippen LogP contribution is -2.45. The van der Waals surface area contributed by atoms with E-state index in [4.69, 9.17) is 9.31 Å². The van der Waals surface area contributed by atoms with Gasteiger partial charge >= 0.3 is 7.12 Å². The normalized spacial score (nSPS) is 22.5. The predicted molar refractivity (Wildman–Crippen MR) is 60.4 cm³/mol. The Labute approximate surface area is 88.5 Å². The SMILES string of the molecule is CCCC(C)(C)B1OCC(C)(C)CO1. The fourth-order valence-corrected chi connectivity index (χ4v) is 1.91. The molecule has 0 bridgehead atoms. The lowest BCUT2D eigenvalue weighted by molar-refractivity contribution is 0.0179. The highest BCUT2D eigenvalue weighted by Crippen LogP contribution is 2.38. The van der Waals surface area contributed by atoms with E-state index in [9.17, 15) is 0 Å². The van der Waals surface area contributed by atoms with E-state index in [1.807, 2.05) is 0 Å². The van der Waals surface area contributed by atoms with Crippen molar-refractivity contribution in [3.8, 4) is 0 Å². The van der Waals surface area contributed by atoms with Crippen molar-refractivity contribution in [2.75, 3.05) is 13.2 Å². The Morgan fingerprint density at radius 3 is 2.14 bits per heavy atom. The minimum atomic E-state index is -0.0181. The Morgan fingerprint density at radius 1 is 1.21 bits per heavy atom.